The molecule has 0 saturated heterocycles. The van der Waals surface area contributed by atoms with Gasteiger partial charge < -0.3 is 20.3 Å². The predicted octanol–water partition coefficient (Wildman–Crippen LogP) is 5.64. The first-order chi connectivity index (χ1) is 19.4. The van der Waals surface area contributed by atoms with Gasteiger partial charge in [-0.2, -0.15) is 0 Å². The highest BCUT2D eigenvalue weighted by molar-refractivity contribution is 6.31. The van der Waals surface area contributed by atoms with Crippen LogP contribution in [0.15, 0.2) is 53.4 Å². The molecule has 9 nitrogen and oxygen atoms in total. The van der Waals surface area contributed by atoms with Crippen molar-refractivity contribution in [2.75, 3.05) is 13.2 Å². The minimum absolute atomic E-state index is 0.0309. The van der Waals surface area contributed by atoms with Crippen molar-refractivity contribution in [1.29, 1.82) is 0 Å². The van der Waals surface area contributed by atoms with Gasteiger partial charge in [0.2, 0.25) is 0 Å². The normalized spacial score (nSPS) is 23.1. The van der Waals surface area contributed by atoms with E-state index in [9.17, 15) is 19.8 Å². The molecule has 3 rings (SSSR count). The number of benzene rings is 1. The van der Waals surface area contributed by atoms with E-state index in [-0.39, 0.29) is 25.2 Å². The molecule has 10 heteroatoms. The molecule has 0 amide bonds. The van der Waals surface area contributed by atoms with Gasteiger partial charge in [-0.15, -0.1) is 5.10 Å². The Balaban J connectivity index is 1.80. The van der Waals surface area contributed by atoms with E-state index in [0.29, 0.717) is 28.7 Å². The monoisotopic (exact) mass is 586 g/mol. The molecule has 0 spiro atoms. The lowest BCUT2D eigenvalue weighted by Crippen LogP contribution is -2.64. The van der Waals surface area contributed by atoms with Crippen molar-refractivity contribution in [3.8, 4) is 0 Å². The predicted molar refractivity (Wildman–Crippen MR) is 159 cm³/mol. The molecule has 41 heavy (non-hydrogen) atoms. The number of allylic oxidation sites excluding steroid dienone is 2. The third-order valence-electron chi connectivity index (χ3n) is 8.46. The zero-order chi connectivity index (χ0) is 30.4. The highest BCUT2D eigenvalue weighted by Gasteiger charge is 2.63. The summed E-state index contributed by atoms with van der Waals surface area (Å²) in [5.41, 5.74) is 0.110. The molecule has 3 N–H and O–H groups in total. The Morgan fingerprint density at radius 2 is 1.98 bits per heavy atom. The number of halogens is 1. The largest absolute Gasteiger partial charge is 0.481 e. The molecule has 1 aliphatic heterocycles. The molecular weight excluding hydrogens is 544 g/mol. The van der Waals surface area contributed by atoms with E-state index < -0.39 is 28.8 Å². The molecule has 0 aliphatic carbocycles. The number of hydrogen-bond donors (Lipinski definition) is 3. The molecule has 2 aromatic rings. The number of aliphatic carboxylic acids is 2. The molecule has 0 radical (unpaired) electrons. The second-order valence-electron chi connectivity index (χ2n) is 11.5. The van der Waals surface area contributed by atoms with Gasteiger partial charge in [0.15, 0.2) is 0 Å². The number of hydrogen-bond acceptors (Lipinski definition) is 6. The summed E-state index contributed by atoms with van der Waals surface area (Å²) in [6.07, 6.45) is 7.36. The Kier molecular flexibility index (Phi) is 10.8. The lowest BCUT2D eigenvalue weighted by molar-refractivity contribution is -0.156. The third-order valence-corrected chi connectivity index (χ3v) is 8.79. The minimum atomic E-state index is -1.51. The number of aromatic nitrogens is 3. The molecule has 1 aliphatic rings. The van der Waals surface area contributed by atoms with E-state index >= 15 is 0 Å². The van der Waals surface area contributed by atoms with Crippen LogP contribution in [0.25, 0.3) is 0 Å². The van der Waals surface area contributed by atoms with Crippen LogP contribution >= 0.6 is 11.6 Å². The fourth-order valence-corrected chi connectivity index (χ4v) is 6.40. The summed E-state index contributed by atoms with van der Waals surface area (Å²) in [6.45, 7) is 12.2. The smallest absolute Gasteiger partial charge is 0.334 e. The fraction of sp³-hybridized carbons (Fsp3) is 0.548. The quantitative estimate of drug-likeness (QED) is 0.192. The van der Waals surface area contributed by atoms with E-state index in [0.717, 1.165) is 25.0 Å². The van der Waals surface area contributed by atoms with Gasteiger partial charge in [-0.05, 0) is 70.9 Å². The molecule has 1 aromatic heterocycles. The van der Waals surface area contributed by atoms with Crippen LogP contribution in [-0.4, -0.2) is 56.4 Å². The van der Waals surface area contributed by atoms with Crippen molar-refractivity contribution in [1.82, 2.24) is 20.3 Å². The topological polar surface area (TPSA) is 127 Å². The zero-order valence-electron chi connectivity index (χ0n) is 24.9. The first-order valence-electron chi connectivity index (χ1n) is 14.2. The first-order valence-corrected chi connectivity index (χ1v) is 14.6. The van der Waals surface area contributed by atoms with Gasteiger partial charge in [-0.3, -0.25) is 4.79 Å². The average molecular weight is 587 g/mol. The van der Waals surface area contributed by atoms with Crippen molar-refractivity contribution in [2.24, 2.45) is 11.3 Å². The highest BCUT2D eigenvalue weighted by atomic mass is 35.5. The molecule has 4 atom stereocenters. The second kappa shape index (κ2) is 13.7. The van der Waals surface area contributed by atoms with Crippen LogP contribution < -0.4 is 5.32 Å². The van der Waals surface area contributed by atoms with Crippen LogP contribution in [0.5, 0.6) is 0 Å². The van der Waals surface area contributed by atoms with E-state index in [1.165, 1.54) is 5.57 Å². The van der Waals surface area contributed by atoms with Crippen LogP contribution in [0.3, 0.4) is 0 Å². The molecule has 0 saturated carbocycles. The number of nitrogens with zero attached hydrogens (tertiary/aromatic N) is 3. The SMILES string of the molecule is CCC1(c2ccccc2Cl)C(C(=O)O)=C(COCCn2cc(CC(C)CCC=C(C)C)nn2)NC(C)C1(C)C(=O)O. The van der Waals surface area contributed by atoms with Crippen molar-refractivity contribution in [3.05, 3.63) is 69.7 Å². The second-order valence-corrected chi connectivity index (χ2v) is 11.9. The maximum absolute atomic E-state index is 12.9. The average Bonchev–Trinajstić information content (AvgIpc) is 3.35. The molecule has 2 heterocycles. The summed E-state index contributed by atoms with van der Waals surface area (Å²) in [6, 6.07) is 6.26. The zero-order valence-corrected chi connectivity index (χ0v) is 25.7. The van der Waals surface area contributed by atoms with Crippen LogP contribution in [0.4, 0.5) is 0 Å². The van der Waals surface area contributed by atoms with E-state index in [1.807, 2.05) is 6.20 Å². The molecular formula is C31H43ClN4O5. The van der Waals surface area contributed by atoms with Crippen molar-refractivity contribution in [2.45, 2.75) is 85.2 Å². The van der Waals surface area contributed by atoms with Gasteiger partial charge in [-0.1, -0.05) is 60.5 Å². The van der Waals surface area contributed by atoms with Gasteiger partial charge in [0.25, 0.3) is 0 Å². The lowest BCUT2D eigenvalue weighted by atomic mass is 9.51. The van der Waals surface area contributed by atoms with Crippen LogP contribution in [-0.2, 0) is 32.7 Å². The Bertz CT molecular complexity index is 1300. The maximum atomic E-state index is 12.9. The van der Waals surface area contributed by atoms with Crippen LogP contribution in [0.1, 0.15) is 72.1 Å². The molecule has 4 unspecified atom stereocenters. The number of carboxylic acid groups (broad SMARTS) is 2. The van der Waals surface area contributed by atoms with E-state index in [4.69, 9.17) is 16.3 Å². The lowest BCUT2D eigenvalue weighted by Gasteiger charge is -2.54. The number of carbonyl (C=O) groups is 2. The molecule has 0 bridgehead atoms. The van der Waals surface area contributed by atoms with Gasteiger partial charge in [0.1, 0.15) is 0 Å². The number of carboxylic acids is 2. The molecule has 224 valence electrons. The fourth-order valence-electron chi connectivity index (χ4n) is 6.10. The van der Waals surface area contributed by atoms with Crippen molar-refractivity contribution >= 4 is 23.5 Å². The summed E-state index contributed by atoms with van der Waals surface area (Å²) < 4.78 is 7.67. The maximum Gasteiger partial charge on any atom is 0.334 e. The Hall–Kier alpha value is -3.17. The standard InChI is InChI=1S/C31H43ClN4O5/c1-7-31(24-13-8-9-14-25(24)32)27(28(37)38)26(33-22(5)30(31,6)29(39)40)19-41-16-15-36-18-23(34-35-36)17-21(4)12-10-11-20(2)3/h8-9,11,13-14,18,21-22,33H,7,10,12,15-17,19H2,1-6H3,(H,37,38)(H,39,40). The highest BCUT2D eigenvalue weighted by Crippen LogP contribution is 2.56. The summed E-state index contributed by atoms with van der Waals surface area (Å²) >= 11 is 6.61. The first kappa shape index (κ1) is 32.3. The Morgan fingerprint density at radius 3 is 2.59 bits per heavy atom. The number of nitrogens with one attached hydrogen (secondary N) is 1. The van der Waals surface area contributed by atoms with Gasteiger partial charge in [0.05, 0.1) is 36.4 Å². The Morgan fingerprint density at radius 1 is 1.27 bits per heavy atom. The van der Waals surface area contributed by atoms with Crippen LogP contribution in [0.2, 0.25) is 5.02 Å². The van der Waals surface area contributed by atoms with E-state index in [1.54, 1.807) is 49.7 Å². The molecule has 1 aromatic carbocycles. The number of rotatable bonds is 14. The summed E-state index contributed by atoms with van der Waals surface area (Å²) in [4.78, 5) is 25.7. The van der Waals surface area contributed by atoms with Gasteiger partial charge >= 0.3 is 11.9 Å². The summed E-state index contributed by atoms with van der Waals surface area (Å²) in [5, 5.41) is 33.0. The Labute approximate surface area is 247 Å². The molecule has 0 fully saturated rings. The van der Waals surface area contributed by atoms with Crippen LogP contribution in [0, 0.1) is 11.3 Å². The summed E-state index contributed by atoms with van der Waals surface area (Å²) in [7, 11) is 0. The van der Waals surface area contributed by atoms with Gasteiger partial charge in [-0.25, -0.2) is 9.48 Å². The van der Waals surface area contributed by atoms with E-state index in [2.05, 4.69) is 42.5 Å². The minimum Gasteiger partial charge on any atom is -0.481 e. The summed E-state index contributed by atoms with van der Waals surface area (Å²) in [5.74, 6) is -1.83. The third kappa shape index (κ3) is 6.67. The van der Waals surface area contributed by atoms with Crippen molar-refractivity contribution < 1.29 is 24.5 Å². The van der Waals surface area contributed by atoms with Crippen molar-refractivity contribution in [3.63, 3.8) is 0 Å². The number of ether oxygens (including phenoxy) is 1. The van der Waals surface area contributed by atoms with Gasteiger partial charge in [0, 0.05) is 28.4 Å².